The maximum absolute atomic E-state index is 13.0. The van der Waals surface area contributed by atoms with Crippen LogP contribution in [-0.4, -0.2) is 43.7 Å². The van der Waals surface area contributed by atoms with Gasteiger partial charge in [-0.05, 0) is 71.8 Å². The van der Waals surface area contributed by atoms with Crippen LogP contribution in [0.4, 0.5) is 5.69 Å². The number of amides is 1. The highest BCUT2D eigenvalue weighted by Gasteiger charge is 2.25. The lowest BCUT2D eigenvalue weighted by molar-refractivity contribution is -0.116. The third-order valence-corrected chi connectivity index (χ3v) is 6.09. The minimum Gasteiger partial charge on any atom is -0.312 e. The lowest BCUT2D eigenvalue weighted by Crippen LogP contribution is -2.25. The number of thioether (sulfide) groups is 1. The Kier molecular flexibility index (Phi) is 5.38. The van der Waals surface area contributed by atoms with Gasteiger partial charge in [-0.1, -0.05) is 23.4 Å². The predicted octanol–water partition coefficient (Wildman–Crippen LogP) is 3.59. The molecule has 2 heterocycles. The number of carbonyl (C=O) groups excluding carboxylic acids is 2. The molecule has 4 rings (SSSR count). The average molecular weight is 428 g/mol. The van der Waals surface area contributed by atoms with Crippen LogP contribution < -0.4 is 4.90 Å². The minimum atomic E-state index is -0.379. The highest BCUT2D eigenvalue weighted by Crippen LogP contribution is 2.31. The molecule has 7 nitrogen and oxygen atoms in total. The van der Waals surface area contributed by atoms with Gasteiger partial charge in [0.15, 0.2) is 5.78 Å². The molecule has 1 aliphatic heterocycles. The number of halogens is 1. The Morgan fingerprint density at radius 2 is 1.93 bits per heavy atom. The lowest BCUT2D eigenvalue weighted by Gasteiger charge is -2.15. The molecule has 0 bridgehead atoms. The highest BCUT2D eigenvalue weighted by molar-refractivity contribution is 8.00. The predicted molar refractivity (Wildman–Crippen MR) is 112 cm³/mol. The molecule has 0 N–H and O–H groups in total. The number of anilines is 1. The Balaban J connectivity index is 1.52. The average Bonchev–Trinajstić information content (AvgIpc) is 3.34. The Morgan fingerprint density at radius 3 is 2.66 bits per heavy atom. The van der Waals surface area contributed by atoms with Crippen LogP contribution in [0.5, 0.6) is 0 Å². The van der Waals surface area contributed by atoms with Crippen LogP contribution in [0.1, 0.15) is 29.8 Å². The number of carbonyl (C=O) groups is 2. The Morgan fingerprint density at radius 1 is 1.17 bits per heavy atom. The van der Waals surface area contributed by atoms with Gasteiger partial charge in [-0.3, -0.25) is 9.59 Å². The fourth-order valence-corrected chi connectivity index (χ4v) is 4.34. The summed E-state index contributed by atoms with van der Waals surface area (Å²) in [5.74, 6) is 0.00511. The second kappa shape index (κ2) is 7.96. The van der Waals surface area contributed by atoms with Crippen molar-refractivity contribution in [3.05, 3.63) is 58.6 Å². The molecule has 0 saturated heterocycles. The van der Waals surface area contributed by atoms with Crippen molar-refractivity contribution in [3.8, 4) is 5.69 Å². The van der Waals surface area contributed by atoms with E-state index >= 15 is 0 Å². The fraction of sp³-hybridized carbons (Fsp3) is 0.250. The van der Waals surface area contributed by atoms with E-state index < -0.39 is 0 Å². The smallest absolute Gasteiger partial charge is 0.223 e. The second-order valence-corrected chi connectivity index (χ2v) is 8.48. The van der Waals surface area contributed by atoms with Crippen LogP contribution in [0.3, 0.4) is 0 Å². The number of tetrazole rings is 1. The van der Waals surface area contributed by atoms with Crippen LogP contribution in [0.15, 0.2) is 47.6 Å². The summed E-state index contributed by atoms with van der Waals surface area (Å²) >= 11 is 7.24. The molecular weight excluding hydrogens is 410 g/mol. The third kappa shape index (κ3) is 3.90. The fourth-order valence-electron chi connectivity index (χ4n) is 3.33. The lowest BCUT2D eigenvalue weighted by atomic mass is 10.0. The first kappa shape index (κ1) is 19.6. The van der Waals surface area contributed by atoms with Crippen molar-refractivity contribution in [2.45, 2.75) is 30.7 Å². The zero-order valence-electron chi connectivity index (χ0n) is 15.9. The number of nitrogens with zero attached hydrogens (tertiary/aromatic N) is 5. The summed E-state index contributed by atoms with van der Waals surface area (Å²) in [6.07, 6.45) is 0.756. The molecule has 0 spiro atoms. The Hall–Kier alpha value is -2.71. The molecule has 0 fully saturated rings. The van der Waals surface area contributed by atoms with Crippen LogP contribution >= 0.6 is 23.4 Å². The van der Waals surface area contributed by atoms with Crippen LogP contribution in [0, 0.1) is 0 Å². The van der Waals surface area contributed by atoms with Crippen molar-refractivity contribution in [2.75, 3.05) is 11.4 Å². The topological polar surface area (TPSA) is 81.0 Å². The van der Waals surface area contributed by atoms with E-state index in [2.05, 4.69) is 15.5 Å². The van der Waals surface area contributed by atoms with Crippen LogP contribution in [0.2, 0.25) is 5.02 Å². The van der Waals surface area contributed by atoms with Crippen molar-refractivity contribution in [2.24, 2.45) is 0 Å². The Bertz CT molecular complexity index is 1080. The van der Waals surface area contributed by atoms with E-state index in [0.29, 0.717) is 22.3 Å². The number of aromatic nitrogens is 4. The van der Waals surface area contributed by atoms with E-state index in [1.165, 1.54) is 11.8 Å². The summed E-state index contributed by atoms with van der Waals surface area (Å²) in [5.41, 5.74) is 3.30. The molecule has 0 saturated carbocycles. The summed E-state index contributed by atoms with van der Waals surface area (Å²) < 4.78 is 1.58. The van der Waals surface area contributed by atoms with E-state index in [1.54, 1.807) is 34.7 Å². The standard InChI is InChI=1S/C20H18ClN5O2S/c1-12(29-20-22-23-24-26(20)17-6-4-16(21)5-7-17)19(28)15-3-8-18-14(11-15)9-10-25(18)13(2)27/h3-8,11-12H,9-10H2,1-2H3. The third-order valence-electron chi connectivity index (χ3n) is 4.80. The van der Waals surface area contributed by atoms with E-state index in [9.17, 15) is 9.59 Å². The number of Topliss-reactive ketones (excluding diaryl/α,β-unsaturated/α-hetero) is 1. The summed E-state index contributed by atoms with van der Waals surface area (Å²) in [6, 6.07) is 12.7. The molecule has 9 heteroatoms. The molecule has 0 radical (unpaired) electrons. The molecule has 1 unspecified atom stereocenters. The normalized spacial score (nSPS) is 14.0. The first-order valence-electron chi connectivity index (χ1n) is 9.10. The largest absolute Gasteiger partial charge is 0.312 e. The van der Waals surface area contributed by atoms with Gasteiger partial charge in [0.25, 0.3) is 0 Å². The van der Waals surface area contributed by atoms with Crippen molar-refractivity contribution < 1.29 is 9.59 Å². The molecule has 1 amide bonds. The molecule has 1 aromatic heterocycles. The van der Waals surface area contributed by atoms with Gasteiger partial charge in [-0.2, -0.15) is 4.68 Å². The first-order valence-corrected chi connectivity index (χ1v) is 10.4. The molecule has 0 aliphatic carbocycles. The summed E-state index contributed by atoms with van der Waals surface area (Å²) in [4.78, 5) is 26.4. The monoisotopic (exact) mass is 427 g/mol. The van der Waals surface area contributed by atoms with Crippen LogP contribution in [0.25, 0.3) is 5.69 Å². The number of fused-ring (bicyclic) bond motifs is 1. The highest BCUT2D eigenvalue weighted by atomic mass is 35.5. The number of benzene rings is 2. The van der Waals surface area contributed by atoms with E-state index in [1.807, 2.05) is 31.2 Å². The van der Waals surface area contributed by atoms with Gasteiger partial charge >= 0.3 is 0 Å². The molecular formula is C20H18ClN5O2S. The zero-order valence-corrected chi connectivity index (χ0v) is 17.4. The zero-order chi connectivity index (χ0) is 20.5. The number of hydrogen-bond acceptors (Lipinski definition) is 6. The van der Waals surface area contributed by atoms with Crippen LogP contribution in [-0.2, 0) is 11.2 Å². The number of ketones is 1. The molecule has 29 heavy (non-hydrogen) atoms. The minimum absolute atomic E-state index is 0.00951. The van der Waals surface area contributed by atoms with Gasteiger partial charge in [0.1, 0.15) is 0 Å². The van der Waals surface area contributed by atoms with Crippen molar-refractivity contribution >= 4 is 40.7 Å². The maximum atomic E-state index is 13.0. The molecule has 1 aliphatic rings. The van der Waals surface area contributed by atoms with Gasteiger partial charge in [-0.15, -0.1) is 5.10 Å². The molecule has 148 valence electrons. The summed E-state index contributed by atoms with van der Waals surface area (Å²) in [5, 5.41) is 12.6. The molecule has 1 atom stereocenters. The molecule has 3 aromatic rings. The maximum Gasteiger partial charge on any atom is 0.223 e. The van der Waals surface area contributed by atoms with Crippen molar-refractivity contribution in [3.63, 3.8) is 0 Å². The van der Waals surface area contributed by atoms with Crippen molar-refractivity contribution in [1.82, 2.24) is 20.2 Å². The quantitative estimate of drug-likeness (QED) is 0.457. The van der Waals surface area contributed by atoms with E-state index in [-0.39, 0.29) is 16.9 Å². The summed E-state index contributed by atoms with van der Waals surface area (Å²) in [6.45, 7) is 4.04. The first-order chi connectivity index (χ1) is 13.9. The Labute approximate surface area is 177 Å². The molecule has 2 aromatic carbocycles. The van der Waals surface area contributed by atoms with E-state index in [4.69, 9.17) is 11.6 Å². The van der Waals surface area contributed by atoms with Crippen molar-refractivity contribution in [1.29, 1.82) is 0 Å². The van der Waals surface area contributed by atoms with Gasteiger partial charge < -0.3 is 4.90 Å². The van der Waals surface area contributed by atoms with Gasteiger partial charge in [-0.25, -0.2) is 0 Å². The number of hydrogen-bond donors (Lipinski definition) is 0. The SMILES string of the molecule is CC(=O)N1CCc2cc(C(=O)C(C)Sc3nnnn3-c3ccc(Cl)cc3)ccc21. The van der Waals surface area contributed by atoms with E-state index in [0.717, 1.165) is 23.4 Å². The summed E-state index contributed by atoms with van der Waals surface area (Å²) in [7, 11) is 0. The van der Waals surface area contributed by atoms with Gasteiger partial charge in [0, 0.05) is 29.7 Å². The van der Waals surface area contributed by atoms with Gasteiger partial charge in [0.2, 0.25) is 11.1 Å². The van der Waals surface area contributed by atoms with Gasteiger partial charge in [0.05, 0.1) is 10.9 Å². The number of rotatable bonds is 5. The second-order valence-electron chi connectivity index (χ2n) is 6.74.